The van der Waals surface area contributed by atoms with E-state index >= 15 is 0 Å². The quantitative estimate of drug-likeness (QED) is 0.640. The number of hydrogen-bond acceptors (Lipinski definition) is 6. The summed E-state index contributed by atoms with van der Waals surface area (Å²) in [5.41, 5.74) is 1.54. The lowest BCUT2D eigenvalue weighted by Crippen LogP contribution is -2.46. The lowest BCUT2D eigenvalue weighted by atomic mass is 10.1. The number of sulfonamides is 1. The molecule has 1 aliphatic rings. The van der Waals surface area contributed by atoms with Crippen molar-refractivity contribution in [2.45, 2.75) is 57.4 Å². The fourth-order valence-corrected chi connectivity index (χ4v) is 5.33. The smallest absolute Gasteiger partial charge is 0.248 e. The Balaban J connectivity index is 1.40. The van der Waals surface area contributed by atoms with Crippen LogP contribution in [0.1, 0.15) is 42.7 Å². The van der Waals surface area contributed by atoms with Crippen LogP contribution in [0, 0.1) is 20.8 Å². The fourth-order valence-electron chi connectivity index (χ4n) is 3.57. The van der Waals surface area contributed by atoms with Crippen molar-refractivity contribution in [1.82, 2.24) is 14.8 Å². The summed E-state index contributed by atoms with van der Waals surface area (Å²) >= 11 is 0. The second-order valence-electron chi connectivity index (χ2n) is 7.66. The normalized spacial score (nSPS) is 15.8. The SMILES string of the molecule is Cc1ccc(OCCCC(=O)NC2CCN(S(=O)(=O)c3c(C)noc3C)CC2)cc1. The minimum absolute atomic E-state index is 0.0216. The Labute approximate surface area is 177 Å². The molecule has 1 aromatic heterocycles. The van der Waals surface area contributed by atoms with E-state index in [4.69, 9.17) is 9.26 Å². The van der Waals surface area contributed by atoms with E-state index < -0.39 is 10.0 Å². The molecule has 0 bridgehead atoms. The number of aromatic nitrogens is 1. The van der Waals surface area contributed by atoms with Crippen LogP contribution in [-0.4, -0.2) is 49.5 Å². The van der Waals surface area contributed by atoms with E-state index in [0.29, 0.717) is 56.8 Å². The molecule has 30 heavy (non-hydrogen) atoms. The predicted molar refractivity (Wildman–Crippen MR) is 112 cm³/mol. The van der Waals surface area contributed by atoms with Crippen LogP contribution in [0.2, 0.25) is 0 Å². The van der Waals surface area contributed by atoms with Gasteiger partial charge in [-0.05, 0) is 52.2 Å². The van der Waals surface area contributed by atoms with Gasteiger partial charge in [0.1, 0.15) is 16.3 Å². The van der Waals surface area contributed by atoms with Crippen LogP contribution in [0.15, 0.2) is 33.7 Å². The first-order chi connectivity index (χ1) is 14.3. The summed E-state index contributed by atoms with van der Waals surface area (Å²) < 4.78 is 37.8. The maximum Gasteiger partial charge on any atom is 0.248 e. The number of amides is 1. The number of nitrogens with zero attached hydrogens (tertiary/aromatic N) is 2. The van der Waals surface area contributed by atoms with E-state index in [1.807, 2.05) is 31.2 Å². The van der Waals surface area contributed by atoms with Gasteiger partial charge in [0, 0.05) is 25.6 Å². The van der Waals surface area contributed by atoms with Crippen molar-refractivity contribution in [2.75, 3.05) is 19.7 Å². The Hall–Kier alpha value is -2.39. The number of rotatable bonds is 8. The molecule has 1 fully saturated rings. The Morgan fingerprint density at radius 2 is 1.87 bits per heavy atom. The molecule has 0 atom stereocenters. The van der Waals surface area contributed by atoms with Crippen molar-refractivity contribution < 1.29 is 22.5 Å². The summed E-state index contributed by atoms with van der Waals surface area (Å²) in [7, 11) is -3.63. The third-order valence-corrected chi connectivity index (χ3v) is 7.37. The molecule has 1 aromatic carbocycles. The molecule has 0 spiro atoms. The van der Waals surface area contributed by atoms with Gasteiger partial charge in [-0.1, -0.05) is 22.9 Å². The second kappa shape index (κ2) is 9.61. The van der Waals surface area contributed by atoms with E-state index in [1.54, 1.807) is 13.8 Å². The van der Waals surface area contributed by atoms with Crippen LogP contribution >= 0.6 is 0 Å². The highest BCUT2D eigenvalue weighted by atomic mass is 32.2. The van der Waals surface area contributed by atoms with Crippen LogP contribution in [0.4, 0.5) is 0 Å². The first kappa shape index (κ1) is 22.3. The summed E-state index contributed by atoms with van der Waals surface area (Å²) in [6, 6.07) is 7.78. The number of carbonyl (C=O) groups is 1. The summed E-state index contributed by atoms with van der Waals surface area (Å²) in [5.74, 6) is 1.07. The maximum atomic E-state index is 12.9. The van der Waals surface area contributed by atoms with Crippen LogP contribution < -0.4 is 10.1 Å². The third kappa shape index (κ3) is 5.40. The van der Waals surface area contributed by atoms with Gasteiger partial charge >= 0.3 is 0 Å². The van der Waals surface area contributed by atoms with Crippen molar-refractivity contribution in [3.05, 3.63) is 41.3 Å². The molecular weight excluding hydrogens is 406 g/mol. The Morgan fingerprint density at radius 3 is 2.47 bits per heavy atom. The number of nitrogens with one attached hydrogen (secondary N) is 1. The van der Waals surface area contributed by atoms with Gasteiger partial charge in [0.05, 0.1) is 6.61 Å². The Bertz CT molecular complexity index is 942. The molecule has 8 nitrogen and oxygen atoms in total. The molecule has 0 unspecified atom stereocenters. The van der Waals surface area contributed by atoms with Gasteiger partial charge < -0.3 is 14.6 Å². The zero-order valence-corrected chi connectivity index (χ0v) is 18.5. The number of hydrogen-bond donors (Lipinski definition) is 1. The van der Waals surface area contributed by atoms with E-state index in [-0.39, 0.29) is 16.8 Å². The summed E-state index contributed by atoms with van der Waals surface area (Å²) in [5, 5.41) is 6.75. The van der Waals surface area contributed by atoms with Gasteiger partial charge in [-0.3, -0.25) is 4.79 Å². The summed E-state index contributed by atoms with van der Waals surface area (Å²) in [4.78, 5) is 12.4. The van der Waals surface area contributed by atoms with Crippen molar-refractivity contribution in [1.29, 1.82) is 0 Å². The molecule has 0 saturated carbocycles. The third-order valence-electron chi connectivity index (χ3n) is 5.22. The largest absolute Gasteiger partial charge is 0.494 e. The lowest BCUT2D eigenvalue weighted by molar-refractivity contribution is -0.122. The molecule has 2 heterocycles. The van der Waals surface area contributed by atoms with Gasteiger partial charge in [-0.2, -0.15) is 4.31 Å². The first-order valence-electron chi connectivity index (χ1n) is 10.2. The van der Waals surface area contributed by atoms with Crippen LogP contribution in [0.3, 0.4) is 0 Å². The zero-order chi connectivity index (χ0) is 21.7. The van der Waals surface area contributed by atoms with Gasteiger partial charge in [-0.15, -0.1) is 0 Å². The maximum absolute atomic E-state index is 12.9. The van der Waals surface area contributed by atoms with Gasteiger partial charge in [0.15, 0.2) is 5.76 Å². The molecule has 9 heteroatoms. The van der Waals surface area contributed by atoms with Crippen molar-refractivity contribution in [2.24, 2.45) is 0 Å². The minimum Gasteiger partial charge on any atom is -0.494 e. The number of benzene rings is 1. The molecule has 1 amide bonds. The number of ether oxygens (including phenoxy) is 1. The highest BCUT2D eigenvalue weighted by Crippen LogP contribution is 2.26. The van der Waals surface area contributed by atoms with Gasteiger partial charge in [-0.25, -0.2) is 8.42 Å². The molecule has 1 aliphatic heterocycles. The zero-order valence-electron chi connectivity index (χ0n) is 17.7. The predicted octanol–water partition coefficient (Wildman–Crippen LogP) is 2.73. The van der Waals surface area contributed by atoms with Crippen LogP contribution in [0.5, 0.6) is 5.75 Å². The molecule has 3 rings (SSSR count). The van der Waals surface area contributed by atoms with E-state index in [0.717, 1.165) is 5.75 Å². The minimum atomic E-state index is -3.63. The lowest BCUT2D eigenvalue weighted by Gasteiger charge is -2.31. The molecule has 2 aromatic rings. The molecular formula is C21H29N3O5S. The Morgan fingerprint density at radius 1 is 1.20 bits per heavy atom. The first-order valence-corrected chi connectivity index (χ1v) is 11.6. The van der Waals surface area contributed by atoms with Crippen molar-refractivity contribution >= 4 is 15.9 Å². The number of carbonyl (C=O) groups excluding carboxylic acids is 1. The fraction of sp³-hybridized carbons (Fsp3) is 0.524. The summed E-state index contributed by atoms with van der Waals surface area (Å²) in [6.45, 7) is 6.43. The number of aryl methyl sites for hydroxylation is 3. The standard InChI is InChI=1S/C21H29N3O5S/c1-15-6-8-19(9-7-15)28-14-4-5-20(25)22-18-10-12-24(13-11-18)30(26,27)21-16(2)23-29-17(21)3/h6-9,18H,4-5,10-14H2,1-3H3,(H,22,25). The van der Waals surface area contributed by atoms with Crippen LogP contribution in [-0.2, 0) is 14.8 Å². The molecule has 0 aliphatic carbocycles. The van der Waals surface area contributed by atoms with Crippen molar-refractivity contribution in [3.8, 4) is 5.75 Å². The van der Waals surface area contributed by atoms with Gasteiger partial charge in [0.25, 0.3) is 0 Å². The van der Waals surface area contributed by atoms with E-state index in [2.05, 4.69) is 10.5 Å². The molecule has 164 valence electrons. The van der Waals surface area contributed by atoms with Gasteiger partial charge in [0.2, 0.25) is 15.9 Å². The average Bonchev–Trinajstić information content (AvgIpc) is 3.06. The van der Waals surface area contributed by atoms with Crippen LogP contribution in [0.25, 0.3) is 0 Å². The molecule has 0 radical (unpaired) electrons. The molecule has 1 saturated heterocycles. The number of piperidine rings is 1. The Kier molecular flexibility index (Phi) is 7.14. The topological polar surface area (TPSA) is 102 Å². The van der Waals surface area contributed by atoms with E-state index in [9.17, 15) is 13.2 Å². The van der Waals surface area contributed by atoms with E-state index in [1.165, 1.54) is 9.87 Å². The monoisotopic (exact) mass is 435 g/mol. The second-order valence-corrected chi connectivity index (χ2v) is 9.54. The highest BCUT2D eigenvalue weighted by molar-refractivity contribution is 7.89. The highest BCUT2D eigenvalue weighted by Gasteiger charge is 2.34. The summed E-state index contributed by atoms with van der Waals surface area (Å²) in [6.07, 6.45) is 2.16. The average molecular weight is 436 g/mol. The molecule has 1 N–H and O–H groups in total. The van der Waals surface area contributed by atoms with Crippen molar-refractivity contribution in [3.63, 3.8) is 0 Å².